The van der Waals surface area contributed by atoms with Crippen LogP contribution in [0.25, 0.3) is 0 Å². The number of aromatic nitrogens is 1. The number of alkyl halides is 1. The monoisotopic (exact) mass is 271 g/mol. The highest BCUT2D eigenvalue weighted by Gasteiger charge is 2.19. The summed E-state index contributed by atoms with van der Waals surface area (Å²) in [5.41, 5.74) is 0.680. The average molecular weight is 272 g/mol. The van der Waals surface area contributed by atoms with E-state index in [0.717, 1.165) is 12.8 Å². The summed E-state index contributed by atoms with van der Waals surface area (Å²) in [7, 11) is 0. The molecule has 4 heteroatoms. The van der Waals surface area contributed by atoms with Gasteiger partial charge in [0.25, 0.3) is 0 Å². The largest absolute Gasteiger partial charge is 0.465 e. The van der Waals surface area contributed by atoms with E-state index in [4.69, 9.17) is 4.74 Å². The molecular formula is C11H14BrNO2. The lowest BCUT2D eigenvalue weighted by molar-refractivity contribution is -0.143. The molecule has 1 aromatic rings. The lowest BCUT2D eigenvalue weighted by atomic mass is 10.3. The van der Waals surface area contributed by atoms with E-state index in [2.05, 4.69) is 27.8 Å². The van der Waals surface area contributed by atoms with Crippen LogP contribution in [0.2, 0.25) is 0 Å². The van der Waals surface area contributed by atoms with Gasteiger partial charge in [-0.15, -0.1) is 0 Å². The Bertz CT molecular complexity index is 303. The minimum absolute atomic E-state index is 0.276. The van der Waals surface area contributed by atoms with Crippen LogP contribution in [0.15, 0.2) is 24.4 Å². The van der Waals surface area contributed by atoms with E-state index >= 15 is 0 Å². The zero-order chi connectivity index (χ0) is 11.1. The summed E-state index contributed by atoms with van der Waals surface area (Å²) in [4.78, 5) is 15.1. The van der Waals surface area contributed by atoms with Crippen LogP contribution < -0.4 is 0 Å². The highest BCUT2D eigenvalue weighted by molar-refractivity contribution is 9.09. The van der Waals surface area contributed by atoms with Gasteiger partial charge in [-0.1, -0.05) is 35.3 Å². The molecule has 0 aliphatic carbocycles. The van der Waals surface area contributed by atoms with Crippen molar-refractivity contribution in [3.8, 4) is 0 Å². The van der Waals surface area contributed by atoms with Crippen molar-refractivity contribution >= 4 is 21.9 Å². The van der Waals surface area contributed by atoms with Crippen LogP contribution in [0.3, 0.4) is 0 Å². The Morgan fingerprint density at radius 3 is 3.00 bits per heavy atom. The van der Waals surface area contributed by atoms with Gasteiger partial charge in [-0.3, -0.25) is 9.78 Å². The number of pyridine rings is 1. The predicted octanol–water partition coefficient (Wildman–Crippen LogP) is 2.86. The second-order valence-electron chi connectivity index (χ2n) is 3.14. The van der Waals surface area contributed by atoms with Gasteiger partial charge in [0.1, 0.15) is 0 Å². The number of halogens is 1. The van der Waals surface area contributed by atoms with E-state index < -0.39 is 4.83 Å². The van der Waals surface area contributed by atoms with Crippen LogP contribution in [0, 0.1) is 0 Å². The zero-order valence-electron chi connectivity index (χ0n) is 8.65. The predicted molar refractivity (Wildman–Crippen MR) is 61.8 cm³/mol. The molecule has 1 unspecified atom stereocenters. The molecule has 1 aromatic heterocycles. The van der Waals surface area contributed by atoms with Crippen molar-refractivity contribution < 1.29 is 9.53 Å². The number of esters is 1. The van der Waals surface area contributed by atoms with E-state index in [-0.39, 0.29) is 5.97 Å². The van der Waals surface area contributed by atoms with Crippen LogP contribution in [0.5, 0.6) is 0 Å². The Morgan fingerprint density at radius 1 is 1.60 bits per heavy atom. The summed E-state index contributed by atoms with van der Waals surface area (Å²) in [5, 5.41) is 0. The van der Waals surface area contributed by atoms with Crippen molar-refractivity contribution in [2.75, 3.05) is 6.61 Å². The third kappa shape index (κ3) is 4.00. The van der Waals surface area contributed by atoms with Crippen molar-refractivity contribution in [3.63, 3.8) is 0 Å². The van der Waals surface area contributed by atoms with Crippen molar-refractivity contribution in [2.45, 2.75) is 24.6 Å². The van der Waals surface area contributed by atoms with E-state index in [1.165, 1.54) is 0 Å². The van der Waals surface area contributed by atoms with Gasteiger partial charge >= 0.3 is 5.97 Å². The topological polar surface area (TPSA) is 39.2 Å². The van der Waals surface area contributed by atoms with Crippen molar-refractivity contribution in [2.24, 2.45) is 0 Å². The normalized spacial score (nSPS) is 12.1. The fraction of sp³-hybridized carbons (Fsp3) is 0.455. The number of carbonyl (C=O) groups is 1. The number of hydrogen-bond donors (Lipinski definition) is 0. The van der Waals surface area contributed by atoms with Gasteiger partial charge in [0, 0.05) is 6.20 Å². The zero-order valence-corrected chi connectivity index (χ0v) is 10.2. The second kappa shape index (κ2) is 6.56. The Hall–Kier alpha value is -0.900. The molecule has 0 aromatic carbocycles. The molecule has 1 atom stereocenters. The van der Waals surface area contributed by atoms with Gasteiger partial charge in [0.15, 0.2) is 4.83 Å². The molecule has 0 amide bonds. The fourth-order valence-electron chi connectivity index (χ4n) is 1.04. The lowest BCUT2D eigenvalue weighted by Gasteiger charge is -2.08. The summed E-state index contributed by atoms with van der Waals surface area (Å²) >= 11 is 3.27. The molecule has 0 aliphatic heterocycles. The number of ether oxygens (including phenoxy) is 1. The molecule has 0 spiro atoms. The smallest absolute Gasteiger partial charge is 0.325 e. The first-order chi connectivity index (χ1) is 7.25. The van der Waals surface area contributed by atoms with Gasteiger partial charge in [0.2, 0.25) is 0 Å². The van der Waals surface area contributed by atoms with Crippen molar-refractivity contribution in [1.82, 2.24) is 4.98 Å². The number of nitrogens with zero attached hydrogens (tertiary/aromatic N) is 1. The summed E-state index contributed by atoms with van der Waals surface area (Å²) in [6.07, 6.45) is 3.57. The first-order valence-corrected chi connectivity index (χ1v) is 5.89. The number of hydrogen-bond acceptors (Lipinski definition) is 3. The number of unbranched alkanes of at least 4 members (excludes halogenated alkanes) is 1. The maximum atomic E-state index is 11.5. The molecule has 0 N–H and O–H groups in total. The third-order valence-electron chi connectivity index (χ3n) is 1.90. The van der Waals surface area contributed by atoms with Gasteiger partial charge in [-0.05, 0) is 18.6 Å². The van der Waals surface area contributed by atoms with E-state index in [0.29, 0.717) is 12.3 Å². The van der Waals surface area contributed by atoms with Gasteiger partial charge in [-0.2, -0.15) is 0 Å². The fourth-order valence-corrected chi connectivity index (χ4v) is 1.44. The standard InChI is InChI=1S/C11H14BrNO2/c1-2-3-8-15-11(14)10(12)9-6-4-5-7-13-9/h4-7,10H,2-3,8H2,1H3. The van der Waals surface area contributed by atoms with Crippen molar-refractivity contribution in [3.05, 3.63) is 30.1 Å². The summed E-state index contributed by atoms with van der Waals surface area (Å²) in [6, 6.07) is 5.45. The molecule has 1 rings (SSSR count). The number of rotatable bonds is 5. The van der Waals surface area contributed by atoms with E-state index in [9.17, 15) is 4.79 Å². The molecule has 82 valence electrons. The van der Waals surface area contributed by atoms with Crippen LogP contribution in [0.4, 0.5) is 0 Å². The van der Waals surface area contributed by atoms with Gasteiger partial charge < -0.3 is 4.74 Å². The van der Waals surface area contributed by atoms with Gasteiger partial charge in [0.05, 0.1) is 12.3 Å². The molecule has 15 heavy (non-hydrogen) atoms. The highest BCUT2D eigenvalue weighted by atomic mass is 79.9. The molecule has 1 heterocycles. The molecule has 0 fully saturated rings. The molecule has 0 radical (unpaired) electrons. The SMILES string of the molecule is CCCCOC(=O)C(Br)c1ccccn1. The van der Waals surface area contributed by atoms with Crippen LogP contribution in [0.1, 0.15) is 30.3 Å². The first-order valence-electron chi connectivity index (χ1n) is 4.97. The maximum Gasteiger partial charge on any atom is 0.325 e. The summed E-state index contributed by atoms with van der Waals surface area (Å²) < 4.78 is 5.07. The summed E-state index contributed by atoms with van der Waals surface area (Å²) in [5.74, 6) is -0.276. The quantitative estimate of drug-likeness (QED) is 0.470. The minimum atomic E-state index is -0.462. The number of carbonyl (C=O) groups excluding carboxylic acids is 1. The van der Waals surface area contributed by atoms with E-state index in [1.54, 1.807) is 12.3 Å². The lowest BCUT2D eigenvalue weighted by Crippen LogP contribution is -2.12. The van der Waals surface area contributed by atoms with Crippen LogP contribution >= 0.6 is 15.9 Å². The molecule has 0 aliphatic rings. The Labute approximate surface area is 98.0 Å². The third-order valence-corrected chi connectivity index (χ3v) is 2.74. The summed E-state index contributed by atoms with van der Waals surface area (Å²) in [6.45, 7) is 2.53. The Balaban J connectivity index is 2.46. The molecule has 0 saturated carbocycles. The molecule has 0 bridgehead atoms. The van der Waals surface area contributed by atoms with Crippen LogP contribution in [-0.2, 0) is 9.53 Å². The van der Waals surface area contributed by atoms with E-state index in [1.807, 2.05) is 12.1 Å². The first kappa shape index (κ1) is 12.2. The minimum Gasteiger partial charge on any atom is -0.465 e. The molecule has 3 nitrogen and oxygen atoms in total. The molecular weight excluding hydrogens is 258 g/mol. The Morgan fingerprint density at radius 2 is 2.40 bits per heavy atom. The highest BCUT2D eigenvalue weighted by Crippen LogP contribution is 2.21. The van der Waals surface area contributed by atoms with Crippen molar-refractivity contribution in [1.29, 1.82) is 0 Å². The average Bonchev–Trinajstić information content (AvgIpc) is 2.29. The van der Waals surface area contributed by atoms with Gasteiger partial charge in [-0.25, -0.2) is 0 Å². The maximum absolute atomic E-state index is 11.5. The Kier molecular flexibility index (Phi) is 5.32. The molecule has 0 saturated heterocycles. The van der Waals surface area contributed by atoms with Crippen LogP contribution in [-0.4, -0.2) is 17.6 Å². The second-order valence-corrected chi connectivity index (χ2v) is 4.05.